The Balaban J connectivity index is 2.19. The van der Waals surface area contributed by atoms with Crippen LogP contribution in [0.2, 0.25) is 0 Å². The van der Waals surface area contributed by atoms with Gasteiger partial charge in [-0.05, 0) is 6.07 Å². The third kappa shape index (κ3) is 1.24. The van der Waals surface area contributed by atoms with Gasteiger partial charge in [-0.25, -0.2) is 4.79 Å². The molecule has 2 aromatic rings. The lowest BCUT2D eigenvalue weighted by Crippen LogP contribution is -1.91. The Morgan fingerprint density at radius 1 is 1.27 bits per heavy atom. The second-order valence-corrected chi connectivity index (χ2v) is 3.53. The van der Waals surface area contributed by atoms with Crippen LogP contribution < -0.4 is 0 Å². The highest BCUT2D eigenvalue weighted by Crippen LogP contribution is 2.27. The number of fused-ring (bicyclic) bond motifs is 1. The topological polar surface area (TPSA) is 42.1 Å². The number of benzene rings is 1. The van der Waals surface area contributed by atoms with Gasteiger partial charge in [-0.1, -0.05) is 18.2 Å². The van der Waals surface area contributed by atoms with E-state index in [2.05, 4.69) is 4.98 Å². The number of para-hydroxylation sites is 1. The largest absolute Gasteiger partial charge is 0.458 e. The number of carbonyl (C=O) groups excluding carboxylic acids is 1. The zero-order chi connectivity index (χ0) is 10.3. The number of H-pyrrole nitrogens is 1. The Morgan fingerprint density at radius 3 is 2.93 bits per heavy atom. The maximum Gasteiger partial charge on any atom is 0.331 e. The summed E-state index contributed by atoms with van der Waals surface area (Å²) in [6.45, 7) is 0.376. The zero-order valence-electron chi connectivity index (χ0n) is 7.99. The molecule has 0 amide bonds. The van der Waals surface area contributed by atoms with Crippen LogP contribution in [0.15, 0.2) is 36.5 Å². The van der Waals surface area contributed by atoms with Crippen molar-refractivity contribution in [2.24, 2.45) is 0 Å². The fourth-order valence-corrected chi connectivity index (χ4v) is 1.87. The first-order chi connectivity index (χ1) is 7.34. The average molecular weight is 199 g/mol. The lowest BCUT2D eigenvalue weighted by atomic mass is 10.1. The fraction of sp³-hybridized carbons (Fsp3) is 0.0833. The number of cyclic esters (lactones) is 1. The zero-order valence-corrected chi connectivity index (χ0v) is 7.99. The fourth-order valence-electron chi connectivity index (χ4n) is 1.87. The monoisotopic (exact) mass is 199 g/mol. The van der Waals surface area contributed by atoms with Crippen molar-refractivity contribution in [1.29, 1.82) is 0 Å². The van der Waals surface area contributed by atoms with E-state index in [0.717, 1.165) is 22.0 Å². The summed E-state index contributed by atoms with van der Waals surface area (Å²) < 4.78 is 4.89. The molecule has 1 aliphatic rings. The summed E-state index contributed by atoms with van der Waals surface area (Å²) >= 11 is 0. The van der Waals surface area contributed by atoms with Gasteiger partial charge in [0.1, 0.15) is 6.61 Å². The first kappa shape index (κ1) is 8.29. The SMILES string of the molecule is O=C1C=C(c2c[nH]c3ccccc23)CO1. The quantitative estimate of drug-likeness (QED) is 0.715. The number of carbonyl (C=O) groups is 1. The molecule has 0 spiro atoms. The predicted molar refractivity (Wildman–Crippen MR) is 57.2 cm³/mol. The minimum absolute atomic E-state index is 0.254. The Kier molecular flexibility index (Phi) is 1.65. The van der Waals surface area contributed by atoms with Crippen LogP contribution in [0.3, 0.4) is 0 Å². The van der Waals surface area contributed by atoms with E-state index >= 15 is 0 Å². The molecule has 0 aliphatic carbocycles. The molecule has 1 aliphatic heterocycles. The number of aromatic amines is 1. The second kappa shape index (κ2) is 2.98. The van der Waals surface area contributed by atoms with Gasteiger partial charge in [0.2, 0.25) is 0 Å². The molecular formula is C12H9NO2. The van der Waals surface area contributed by atoms with E-state index in [1.54, 1.807) is 6.08 Å². The van der Waals surface area contributed by atoms with Gasteiger partial charge in [0.15, 0.2) is 0 Å². The van der Waals surface area contributed by atoms with Gasteiger partial charge in [0, 0.05) is 34.3 Å². The van der Waals surface area contributed by atoms with E-state index in [4.69, 9.17) is 4.74 Å². The van der Waals surface area contributed by atoms with Crippen molar-refractivity contribution in [3.05, 3.63) is 42.1 Å². The highest BCUT2D eigenvalue weighted by atomic mass is 16.5. The summed E-state index contributed by atoms with van der Waals surface area (Å²) in [4.78, 5) is 14.1. The number of nitrogens with one attached hydrogen (secondary N) is 1. The molecule has 0 radical (unpaired) electrons. The average Bonchev–Trinajstić information content (AvgIpc) is 2.83. The Hall–Kier alpha value is -2.03. The van der Waals surface area contributed by atoms with Gasteiger partial charge in [0.25, 0.3) is 0 Å². The van der Waals surface area contributed by atoms with Crippen LogP contribution in [0, 0.1) is 0 Å². The summed E-state index contributed by atoms with van der Waals surface area (Å²) in [5.41, 5.74) is 3.07. The third-order valence-corrected chi connectivity index (χ3v) is 2.60. The van der Waals surface area contributed by atoms with Crippen LogP contribution in [0.25, 0.3) is 16.5 Å². The number of hydrogen-bond acceptors (Lipinski definition) is 2. The van der Waals surface area contributed by atoms with Crippen LogP contribution in [0.4, 0.5) is 0 Å². The number of rotatable bonds is 1. The number of aromatic nitrogens is 1. The predicted octanol–water partition coefficient (Wildman–Crippen LogP) is 2.11. The van der Waals surface area contributed by atoms with Gasteiger partial charge in [-0.3, -0.25) is 0 Å². The molecular weight excluding hydrogens is 190 g/mol. The molecule has 0 saturated heterocycles. The molecule has 15 heavy (non-hydrogen) atoms. The summed E-state index contributed by atoms with van der Waals surface area (Å²) in [6, 6.07) is 8.01. The van der Waals surface area contributed by atoms with Crippen molar-refractivity contribution in [2.75, 3.05) is 6.61 Å². The minimum Gasteiger partial charge on any atom is -0.458 e. The van der Waals surface area contributed by atoms with E-state index in [-0.39, 0.29) is 5.97 Å². The molecule has 3 rings (SSSR count). The standard InChI is InChI=1S/C12H9NO2/c14-12-5-8(7-15-12)10-6-13-11-4-2-1-3-9(10)11/h1-6,13H,7H2. The maximum absolute atomic E-state index is 11.0. The van der Waals surface area contributed by atoms with E-state index in [1.807, 2.05) is 30.5 Å². The van der Waals surface area contributed by atoms with Crippen LogP contribution in [0.1, 0.15) is 5.56 Å². The van der Waals surface area contributed by atoms with Gasteiger partial charge >= 0.3 is 5.97 Å². The lowest BCUT2D eigenvalue weighted by molar-refractivity contribution is -0.134. The van der Waals surface area contributed by atoms with Crippen LogP contribution in [-0.4, -0.2) is 17.6 Å². The van der Waals surface area contributed by atoms with Gasteiger partial charge < -0.3 is 9.72 Å². The van der Waals surface area contributed by atoms with Crippen LogP contribution >= 0.6 is 0 Å². The van der Waals surface area contributed by atoms with Gasteiger partial charge in [-0.2, -0.15) is 0 Å². The van der Waals surface area contributed by atoms with Crippen LogP contribution in [-0.2, 0) is 9.53 Å². The molecule has 0 unspecified atom stereocenters. The first-order valence-electron chi connectivity index (χ1n) is 4.78. The normalized spacial score (nSPS) is 15.5. The van der Waals surface area contributed by atoms with Crippen molar-refractivity contribution in [3.8, 4) is 0 Å². The molecule has 74 valence electrons. The Morgan fingerprint density at radius 2 is 2.13 bits per heavy atom. The van der Waals surface area contributed by atoms with Crippen molar-refractivity contribution in [1.82, 2.24) is 4.98 Å². The lowest BCUT2D eigenvalue weighted by Gasteiger charge is -1.97. The highest BCUT2D eigenvalue weighted by Gasteiger charge is 2.16. The van der Waals surface area contributed by atoms with Crippen molar-refractivity contribution >= 4 is 22.4 Å². The molecule has 2 heterocycles. The molecule has 0 bridgehead atoms. The van der Waals surface area contributed by atoms with E-state index < -0.39 is 0 Å². The summed E-state index contributed by atoms with van der Waals surface area (Å²) in [6.07, 6.45) is 3.47. The first-order valence-corrected chi connectivity index (χ1v) is 4.78. The molecule has 1 aromatic carbocycles. The Bertz CT molecular complexity index is 566. The van der Waals surface area contributed by atoms with E-state index in [1.165, 1.54) is 0 Å². The molecule has 0 fully saturated rings. The molecule has 1 aromatic heterocycles. The molecule has 0 saturated carbocycles. The molecule has 1 N–H and O–H groups in total. The van der Waals surface area contributed by atoms with Crippen molar-refractivity contribution < 1.29 is 9.53 Å². The number of ether oxygens (including phenoxy) is 1. The molecule has 3 heteroatoms. The maximum atomic E-state index is 11.0. The van der Waals surface area contributed by atoms with Crippen molar-refractivity contribution in [3.63, 3.8) is 0 Å². The third-order valence-electron chi connectivity index (χ3n) is 2.60. The number of esters is 1. The molecule has 3 nitrogen and oxygen atoms in total. The van der Waals surface area contributed by atoms with Gasteiger partial charge in [0.05, 0.1) is 0 Å². The van der Waals surface area contributed by atoms with Crippen molar-refractivity contribution in [2.45, 2.75) is 0 Å². The molecule has 0 atom stereocenters. The minimum atomic E-state index is -0.254. The summed E-state index contributed by atoms with van der Waals surface area (Å²) in [5.74, 6) is -0.254. The van der Waals surface area contributed by atoms with Gasteiger partial charge in [-0.15, -0.1) is 0 Å². The second-order valence-electron chi connectivity index (χ2n) is 3.53. The smallest absolute Gasteiger partial charge is 0.331 e. The number of hydrogen-bond donors (Lipinski definition) is 1. The summed E-state index contributed by atoms with van der Waals surface area (Å²) in [7, 11) is 0. The van der Waals surface area contributed by atoms with E-state index in [9.17, 15) is 4.79 Å². The van der Waals surface area contributed by atoms with Crippen LogP contribution in [0.5, 0.6) is 0 Å². The highest BCUT2D eigenvalue weighted by molar-refractivity contribution is 6.01. The summed E-state index contributed by atoms with van der Waals surface area (Å²) in [5, 5.41) is 1.13. The van der Waals surface area contributed by atoms with E-state index in [0.29, 0.717) is 6.61 Å². The Labute approximate surface area is 86.4 Å².